The zero-order chi connectivity index (χ0) is 14.2. The molecule has 3 nitrogen and oxygen atoms in total. The van der Waals surface area contributed by atoms with Crippen molar-refractivity contribution < 1.29 is 4.42 Å². The Morgan fingerprint density at radius 3 is 2.45 bits per heavy atom. The molecule has 0 radical (unpaired) electrons. The normalized spacial score (nSPS) is 11.2. The molecule has 0 aliphatic carbocycles. The number of hydrogen-bond acceptors (Lipinski definition) is 3. The Hall–Kier alpha value is -1.58. The van der Waals surface area contributed by atoms with Crippen LogP contribution in [0.3, 0.4) is 0 Å². The van der Waals surface area contributed by atoms with E-state index in [0.717, 1.165) is 31.9 Å². The van der Waals surface area contributed by atoms with E-state index in [9.17, 15) is 0 Å². The predicted molar refractivity (Wildman–Crippen MR) is 82.3 cm³/mol. The maximum absolute atomic E-state index is 5.37. The van der Waals surface area contributed by atoms with Crippen molar-refractivity contribution >= 4 is 0 Å². The first-order valence-corrected chi connectivity index (χ1v) is 7.27. The maximum Gasteiger partial charge on any atom is 0.117 e. The summed E-state index contributed by atoms with van der Waals surface area (Å²) in [6.07, 6.45) is 2.90. The zero-order valence-electron chi connectivity index (χ0n) is 12.4. The second-order valence-electron chi connectivity index (χ2n) is 5.24. The Kier molecular flexibility index (Phi) is 5.84. The van der Waals surface area contributed by atoms with Crippen molar-refractivity contribution in [3.63, 3.8) is 0 Å². The van der Waals surface area contributed by atoms with Gasteiger partial charge in [0.25, 0.3) is 0 Å². The molecule has 0 spiro atoms. The predicted octanol–water partition coefficient (Wildman–Crippen LogP) is 3.41. The first-order valence-electron chi connectivity index (χ1n) is 7.27. The van der Waals surface area contributed by atoms with Gasteiger partial charge in [-0.3, -0.25) is 4.90 Å². The van der Waals surface area contributed by atoms with Gasteiger partial charge in [0.2, 0.25) is 0 Å². The lowest BCUT2D eigenvalue weighted by Crippen LogP contribution is -2.17. The Balaban J connectivity index is 1.80. The molecule has 1 N–H and O–H groups in total. The van der Waals surface area contributed by atoms with E-state index in [2.05, 4.69) is 48.5 Å². The monoisotopic (exact) mass is 272 g/mol. The highest BCUT2D eigenvalue weighted by Gasteiger charge is 2.03. The fraction of sp³-hybridized carbons (Fsp3) is 0.412. The standard InChI is InChI=1S/C17H24N2O/c1-3-10-18-12-15-6-8-16(9-7-15)13-19(2)14-17-5-4-11-20-17/h4-9,11,18H,3,10,12-14H2,1-2H3. The van der Waals surface area contributed by atoms with Crippen LogP contribution in [0.5, 0.6) is 0 Å². The first-order chi connectivity index (χ1) is 9.78. The van der Waals surface area contributed by atoms with E-state index in [1.165, 1.54) is 17.5 Å². The molecule has 0 saturated heterocycles. The van der Waals surface area contributed by atoms with Crippen LogP contribution in [-0.4, -0.2) is 18.5 Å². The van der Waals surface area contributed by atoms with Gasteiger partial charge in [-0.15, -0.1) is 0 Å². The highest BCUT2D eigenvalue weighted by molar-refractivity contribution is 5.22. The minimum atomic E-state index is 0.840. The summed E-state index contributed by atoms with van der Waals surface area (Å²) in [6, 6.07) is 12.8. The second-order valence-corrected chi connectivity index (χ2v) is 5.24. The molecule has 2 aromatic rings. The van der Waals surface area contributed by atoms with Gasteiger partial charge in [-0.05, 0) is 43.3 Å². The van der Waals surface area contributed by atoms with Crippen molar-refractivity contribution in [1.29, 1.82) is 0 Å². The highest BCUT2D eigenvalue weighted by atomic mass is 16.3. The molecule has 1 aromatic heterocycles. The third kappa shape index (κ3) is 4.83. The number of hydrogen-bond donors (Lipinski definition) is 1. The lowest BCUT2D eigenvalue weighted by atomic mass is 10.1. The average molecular weight is 272 g/mol. The van der Waals surface area contributed by atoms with Crippen LogP contribution in [0.2, 0.25) is 0 Å². The molecule has 0 aliphatic rings. The summed E-state index contributed by atoms with van der Waals surface area (Å²) in [4.78, 5) is 2.25. The Morgan fingerprint density at radius 1 is 1.05 bits per heavy atom. The van der Waals surface area contributed by atoms with Crippen LogP contribution < -0.4 is 5.32 Å². The SMILES string of the molecule is CCCNCc1ccc(CN(C)Cc2ccco2)cc1. The molecular weight excluding hydrogens is 248 g/mol. The molecule has 0 atom stereocenters. The molecule has 1 heterocycles. The Labute approximate surface area is 121 Å². The quantitative estimate of drug-likeness (QED) is 0.746. The second kappa shape index (κ2) is 7.88. The van der Waals surface area contributed by atoms with Crippen LogP contribution in [0.1, 0.15) is 30.2 Å². The number of benzene rings is 1. The largest absolute Gasteiger partial charge is 0.468 e. The number of nitrogens with zero attached hydrogens (tertiary/aromatic N) is 1. The van der Waals surface area contributed by atoms with E-state index >= 15 is 0 Å². The van der Waals surface area contributed by atoms with Crippen LogP contribution in [0, 0.1) is 0 Å². The molecule has 1 aromatic carbocycles. The number of furan rings is 1. The van der Waals surface area contributed by atoms with E-state index in [1.807, 2.05) is 12.1 Å². The average Bonchev–Trinajstić information content (AvgIpc) is 2.94. The summed E-state index contributed by atoms with van der Waals surface area (Å²) in [7, 11) is 2.11. The summed E-state index contributed by atoms with van der Waals surface area (Å²) in [5.41, 5.74) is 2.68. The summed E-state index contributed by atoms with van der Waals surface area (Å²) >= 11 is 0. The van der Waals surface area contributed by atoms with Gasteiger partial charge in [0.1, 0.15) is 5.76 Å². The Morgan fingerprint density at radius 2 is 1.80 bits per heavy atom. The lowest BCUT2D eigenvalue weighted by molar-refractivity contribution is 0.288. The topological polar surface area (TPSA) is 28.4 Å². The fourth-order valence-corrected chi connectivity index (χ4v) is 2.21. The molecule has 2 rings (SSSR count). The van der Waals surface area contributed by atoms with Gasteiger partial charge in [-0.2, -0.15) is 0 Å². The molecule has 3 heteroatoms. The van der Waals surface area contributed by atoms with Gasteiger partial charge >= 0.3 is 0 Å². The molecule has 0 amide bonds. The molecular formula is C17H24N2O. The van der Waals surface area contributed by atoms with E-state index in [-0.39, 0.29) is 0 Å². The van der Waals surface area contributed by atoms with E-state index < -0.39 is 0 Å². The zero-order valence-corrected chi connectivity index (χ0v) is 12.4. The van der Waals surface area contributed by atoms with Gasteiger partial charge in [-0.25, -0.2) is 0 Å². The smallest absolute Gasteiger partial charge is 0.117 e. The molecule has 0 fully saturated rings. The molecule has 108 valence electrons. The summed E-state index contributed by atoms with van der Waals surface area (Å²) in [5, 5.41) is 3.42. The van der Waals surface area contributed by atoms with Gasteiger partial charge in [0.05, 0.1) is 12.8 Å². The Bertz CT molecular complexity index is 476. The van der Waals surface area contributed by atoms with E-state index in [0.29, 0.717) is 0 Å². The number of rotatable bonds is 8. The van der Waals surface area contributed by atoms with Crippen molar-refractivity contribution in [2.75, 3.05) is 13.6 Å². The van der Waals surface area contributed by atoms with Crippen LogP contribution in [0.15, 0.2) is 47.1 Å². The molecule has 0 saturated carbocycles. The van der Waals surface area contributed by atoms with Gasteiger partial charge in [0, 0.05) is 13.1 Å². The van der Waals surface area contributed by atoms with Gasteiger partial charge < -0.3 is 9.73 Å². The molecule has 0 bridgehead atoms. The fourth-order valence-electron chi connectivity index (χ4n) is 2.21. The van der Waals surface area contributed by atoms with Crippen LogP contribution in [0.4, 0.5) is 0 Å². The van der Waals surface area contributed by atoms with Crippen LogP contribution in [-0.2, 0) is 19.6 Å². The van der Waals surface area contributed by atoms with Gasteiger partial charge in [-0.1, -0.05) is 31.2 Å². The van der Waals surface area contributed by atoms with Crippen molar-refractivity contribution in [2.24, 2.45) is 0 Å². The summed E-state index contributed by atoms with van der Waals surface area (Å²) in [5.74, 6) is 1.01. The lowest BCUT2D eigenvalue weighted by Gasteiger charge is -2.15. The summed E-state index contributed by atoms with van der Waals surface area (Å²) in [6.45, 7) is 5.99. The first kappa shape index (κ1) is 14.8. The molecule has 0 aliphatic heterocycles. The third-order valence-corrected chi connectivity index (χ3v) is 3.24. The van der Waals surface area contributed by atoms with Crippen molar-refractivity contribution in [3.05, 3.63) is 59.5 Å². The third-order valence-electron chi connectivity index (χ3n) is 3.24. The van der Waals surface area contributed by atoms with Crippen LogP contribution >= 0.6 is 0 Å². The van der Waals surface area contributed by atoms with Crippen LogP contribution in [0.25, 0.3) is 0 Å². The summed E-state index contributed by atoms with van der Waals surface area (Å²) < 4.78 is 5.37. The molecule has 0 unspecified atom stereocenters. The minimum absolute atomic E-state index is 0.840. The van der Waals surface area contributed by atoms with Crippen molar-refractivity contribution in [1.82, 2.24) is 10.2 Å². The number of nitrogens with one attached hydrogen (secondary N) is 1. The van der Waals surface area contributed by atoms with Gasteiger partial charge in [0.15, 0.2) is 0 Å². The van der Waals surface area contributed by atoms with E-state index in [4.69, 9.17) is 4.42 Å². The van der Waals surface area contributed by atoms with E-state index in [1.54, 1.807) is 6.26 Å². The van der Waals surface area contributed by atoms with Crippen molar-refractivity contribution in [3.8, 4) is 0 Å². The van der Waals surface area contributed by atoms with Crippen molar-refractivity contribution in [2.45, 2.75) is 33.0 Å². The molecule has 20 heavy (non-hydrogen) atoms. The highest BCUT2D eigenvalue weighted by Crippen LogP contribution is 2.10. The minimum Gasteiger partial charge on any atom is -0.468 e. The maximum atomic E-state index is 5.37.